The molecule has 5 nitrogen and oxygen atoms in total. The van der Waals surface area contributed by atoms with Crippen LogP contribution in [0, 0.1) is 5.92 Å². The lowest BCUT2D eigenvalue weighted by molar-refractivity contribution is -0.184. The number of hydrogen-bond donors (Lipinski definition) is 2. The lowest BCUT2D eigenvalue weighted by Crippen LogP contribution is -2.51. The zero-order valence-corrected chi connectivity index (χ0v) is 13.2. The van der Waals surface area contributed by atoms with E-state index >= 15 is 0 Å². The number of carbonyl (C=O) groups excluding carboxylic acids is 2. The fourth-order valence-corrected chi connectivity index (χ4v) is 2.44. The van der Waals surface area contributed by atoms with Gasteiger partial charge in [-0.3, -0.25) is 4.79 Å². The van der Waals surface area contributed by atoms with Gasteiger partial charge < -0.3 is 15.5 Å². The largest absolute Gasteiger partial charge is 0.393 e. The minimum Gasteiger partial charge on any atom is -0.354 e. The van der Waals surface area contributed by atoms with E-state index in [4.69, 9.17) is 0 Å². The van der Waals surface area contributed by atoms with E-state index in [0.29, 0.717) is 13.0 Å². The molecule has 3 amide bonds. The molecule has 128 valence electrons. The van der Waals surface area contributed by atoms with Crippen LogP contribution in [0.1, 0.15) is 40.0 Å². The van der Waals surface area contributed by atoms with Crippen LogP contribution in [0.2, 0.25) is 0 Å². The van der Waals surface area contributed by atoms with Gasteiger partial charge in [-0.1, -0.05) is 0 Å². The summed E-state index contributed by atoms with van der Waals surface area (Å²) in [5, 5.41) is 5.29. The second-order valence-corrected chi connectivity index (χ2v) is 6.10. The quantitative estimate of drug-likeness (QED) is 0.834. The molecular weight excluding hydrogens is 299 g/mol. The summed E-state index contributed by atoms with van der Waals surface area (Å²) in [5.41, 5.74) is 0. The normalized spacial score (nSPS) is 20.7. The molecule has 8 heteroatoms. The van der Waals surface area contributed by atoms with Crippen LogP contribution in [0.5, 0.6) is 0 Å². The number of alkyl halides is 3. The van der Waals surface area contributed by atoms with E-state index in [1.807, 2.05) is 13.8 Å². The Hall–Kier alpha value is -1.47. The van der Waals surface area contributed by atoms with Crippen molar-refractivity contribution in [1.82, 2.24) is 15.5 Å². The lowest BCUT2D eigenvalue weighted by atomic mass is 9.98. The van der Waals surface area contributed by atoms with Crippen LogP contribution in [-0.4, -0.2) is 48.2 Å². The van der Waals surface area contributed by atoms with Gasteiger partial charge in [0.25, 0.3) is 0 Å². The predicted molar refractivity (Wildman–Crippen MR) is 76.2 cm³/mol. The van der Waals surface area contributed by atoms with E-state index in [9.17, 15) is 22.8 Å². The summed E-state index contributed by atoms with van der Waals surface area (Å²) >= 11 is 0. The maximum absolute atomic E-state index is 12.7. The Morgan fingerprint density at radius 1 is 1.23 bits per heavy atom. The number of amides is 3. The Kier molecular flexibility index (Phi) is 6.49. The van der Waals surface area contributed by atoms with Gasteiger partial charge in [0.1, 0.15) is 0 Å². The Balaban J connectivity index is 2.45. The van der Waals surface area contributed by atoms with Crippen molar-refractivity contribution in [2.24, 2.45) is 5.92 Å². The Labute approximate surface area is 128 Å². The third kappa shape index (κ3) is 6.11. The molecule has 2 unspecified atom stereocenters. The third-order valence-corrected chi connectivity index (χ3v) is 3.48. The number of likely N-dealkylation sites (tertiary alicyclic amines) is 1. The number of piperidine rings is 1. The molecular formula is C14H24F3N3O2. The van der Waals surface area contributed by atoms with Crippen LogP contribution in [0.25, 0.3) is 0 Å². The maximum atomic E-state index is 12.7. The monoisotopic (exact) mass is 323 g/mol. The van der Waals surface area contributed by atoms with E-state index in [0.717, 1.165) is 0 Å². The van der Waals surface area contributed by atoms with Gasteiger partial charge in [0.15, 0.2) is 0 Å². The summed E-state index contributed by atoms with van der Waals surface area (Å²) in [6.07, 6.45) is -3.79. The maximum Gasteiger partial charge on any atom is 0.393 e. The molecule has 0 saturated carbocycles. The average molecular weight is 323 g/mol. The summed E-state index contributed by atoms with van der Waals surface area (Å²) < 4.78 is 38.2. The molecule has 0 aliphatic carbocycles. The Bertz CT molecular complexity index is 399. The van der Waals surface area contributed by atoms with Crippen LogP contribution in [0.15, 0.2) is 0 Å². The van der Waals surface area contributed by atoms with Crippen LogP contribution >= 0.6 is 0 Å². The lowest BCUT2D eigenvalue weighted by Gasteiger charge is -2.34. The van der Waals surface area contributed by atoms with Crippen molar-refractivity contribution in [3.05, 3.63) is 0 Å². The summed E-state index contributed by atoms with van der Waals surface area (Å²) in [6, 6.07) is -0.971. The summed E-state index contributed by atoms with van der Waals surface area (Å²) in [7, 11) is 0. The summed E-state index contributed by atoms with van der Waals surface area (Å²) in [6.45, 7) is 5.30. The fraction of sp³-hybridized carbons (Fsp3) is 0.857. The number of nitrogens with one attached hydrogen (secondary N) is 2. The predicted octanol–water partition coefficient (Wildman–Crippen LogP) is 2.27. The Morgan fingerprint density at radius 2 is 1.86 bits per heavy atom. The molecule has 2 N–H and O–H groups in total. The van der Waals surface area contributed by atoms with Gasteiger partial charge in [-0.15, -0.1) is 0 Å². The molecule has 0 radical (unpaired) electrons. The van der Waals surface area contributed by atoms with E-state index < -0.39 is 24.2 Å². The summed E-state index contributed by atoms with van der Waals surface area (Å²) in [4.78, 5) is 24.8. The molecule has 0 aromatic heterocycles. The molecule has 0 bridgehead atoms. The topological polar surface area (TPSA) is 61.4 Å². The van der Waals surface area contributed by atoms with Gasteiger partial charge in [0.2, 0.25) is 5.91 Å². The highest BCUT2D eigenvalue weighted by Gasteiger charge is 2.42. The molecule has 1 rings (SSSR count). The second kappa shape index (κ2) is 7.69. The van der Waals surface area contributed by atoms with Crippen LogP contribution in [-0.2, 0) is 4.79 Å². The average Bonchev–Trinajstić information content (AvgIpc) is 2.36. The number of hydrogen-bond acceptors (Lipinski definition) is 2. The first-order valence-electron chi connectivity index (χ1n) is 7.51. The highest BCUT2D eigenvalue weighted by atomic mass is 19.4. The molecule has 2 atom stereocenters. The van der Waals surface area contributed by atoms with Gasteiger partial charge in [0, 0.05) is 31.6 Å². The standard InChI is InChI=1S/C14H24F3N3O2/c1-9(2)18-12(21)7-10(3)19-13(22)20-6-4-5-11(8-20)14(15,16)17/h9-11H,4-8H2,1-3H3,(H,18,21)(H,19,22). The van der Waals surface area contributed by atoms with Gasteiger partial charge in [-0.05, 0) is 33.6 Å². The Morgan fingerprint density at radius 3 is 2.41 bits per heavy atom. The molecule has 0 aromatic rings. The second-order valence-electron chi connectivity index (χ2n) is 6.10. The van der Waals surface area contributed by atoms with E-state index in [2.05, 4.69) is 10.6 Å². The number of urea groups is 1. The first kappa shape index (κ1) is 18.6. The number of rotatable bonds is 4. The molecule has 1 heterocycles. The van der Waals surface area contributed by atoms with Gasteiger partial charge >= 0.3 is 12.2 Å². The molecule has 0 spiro atoms. The van der Waals surface area contributed by atoms with Crippen molar-refractivity contribution in [1.29, 1.82) is 0 Å². The van der Waals surface area contributed by atoms with Crippen molar-refractivity contribution in [3.8, 4) is 0 Å². The highest BCUT2D eigenvalue weighted by molar-refractivity contribution is 5.79. The molecule has 1 aliphatic heterocycles. The zero-order chi connectivity index (χ0) is 16.9. The zero-order valence-electron chi connectivity index (χ0n) is 13.2. The number of carbonyl (C=O) groups is 2. The van der Waals surface area contributed by atoms with Crippen molar-refractivity contribution < 1.29 is 22.8 Å². The first-order valence-corrected chi connectivity index (χ1v) is 7.51. The van der Waals surface area contributed by atoms with Crippen LogP contribution in [0.4, 0.5) is 18.0 Å². The first-order chi connectivity index (χ1) is 10.1. The molecule has 1 fully saturated rings. The fourth-order valence-electron chi connectivity index (χ4n) is 2.44. The van der Waals surface area contributed by atoms with Crippen molar-refractivity contribution >= 4 is 11.9 Å². The van der Waals surface area contributed by atoms with Crippen LogP contribution < -0.4 is 10.6 Å². The summed E-state index contributed by atoms with van der Waals surface area (Å²) in [5.74, 6) is -1.67. The van der Waals surface area contributed by atoms with Crippen molar-refractivity contribution in [2.75, 3.05) is 13.1 Å². The van der Waals surface area contributed by atoms with Crippen molar-refractivity contribution in [3.63, 3.8) is 0 Å². The molecule has 1 saturated heterocycles. The van der Waals surface area contributed by atoms with E-state index in [-0.39, 0.29) is 31.3 Å². The minimum absolute atomic E-state index is 0.00467. The van der Waals surface area contributed by atoms with Gasteiger partial charge in [-0.25, -0.2) is 4.79 Å². The van der Waals surface area contributed by atoms with E-state index in [1.54, 1.807) is 6.92 Å². The van der Waals surface area contributed by atoms with Crippen LogP contribution in [0.3, 0.4) is 0 Å². The smallest absolute Gasteiger partial charge is 0.354 e. The third-order valence-electron chi connectivity index (χ3n) is 3.48. The molecule has 0 aromatic carbocycles. The molecule has 22 heavy (non-hydrogen) atoms. The molecule has 1 aliphatic rings. The van der Waals surface area contributed by atoms with E-state index in [1.165, 1.54) is 4.90 Å². The number of halogens is 3. The van der Waals surface area contributed by atoms with Crippen molar-refractivity contribution in [2.45, 2.75) is 58.3 Å². The SMILES string of the molecule is CC(C)NC(=O)CC(C)NC(=O)N1CCCC(C(F)(F)F)C1. The van der Waals surface area contributed by atoms with Gasteiger partial charge in [0.05, 0.1) is 5.92 Å². The number of nitrogens with zero attached hydrogens (tertiary/aromatic N) is 1. The van der Waals surface area contributed by atoms with Gasteiger partial charge in [-0.2, -0.15) is 13.2 Å². The minimum atomic E-state index is -4.28. The highest BCUT2D eigenvalue weighted by Crippen LogP contribution is 2.33.